The molecule has 0 saturated carbocycles. The number of fused-ring (bicyclic) bond motifs is 2. The first-order chi connectivity index (χ1) is 18.4. The predicted octanol–water partition coefficient (Wildman–Crippen LogP) is 3.44. The van der Waals surface area contributed by atoms with Gasteiger partial charge in [-0.3, -0.25) is 28.7 Å². The molecule has 2 aliphatic rings. The van der Waals surface area contributed by atoms with E-state index in [0.29, 0.717) is 21.3 Å². The lowest BCUT2D eigenvalue weighted by molar-refractivity contribution is -0.122. The lowest BCUT2D eigenvalue weighted by Crippen LogP contribution is -2.33. The van der Waals surface area contributed by atoms with Gasteiger partial charge in [-0.25, -0.2) is 4.90 Å². The number of amides is 3. The van der Waals surface area contributed by atoms with Crippen molar-refractivity contribution in [3.63, 3.8) is 0 Å². The van der Waals surface area contributed by atoms with Crippen molar-refractivity contribution in [2.45, 2.75) is 22.7 Å². The number of phenolic OH excluding ortho intramolecular Hbond substituents is 1. The number of para-hydroxylation sites is 1. The van der Waals surface area contributed by atoms with Gasteiger partial charge in [0.05, 0.1) is 16.6 Å². The van der Waals surface area contributed by atoms with Crippen molar-refractivity contribution in [2.24, 2.45) is 5.92 Å². The summed E-state index contributed by atoms with van der Waals surface area (Å²) in [6, 6.07) is 18.4. The monoisotopic (exact) mass is 544 g/mol. The molecule has 0 bridgehead atoms. The number of carbonyl (C=O) groups is 3. The van der Waals surface area contributed by atoms with Gasteiger partial charge in [0.2, 0.25) is 17.7 Å². The molecule has 2 aliphatic heterocycles. The van der Waals surface area contributed by atoms with Crippen molar-refractivity contribution in [1.82, 2.24) is 9.55 Å². The number of aromatic nitrogens is 2. The van der Waals surface area contributed by atoms with Gasteiger partial charge in [-0.15, -0.1) is 0 Å². The number of benzene rings is 2. The SMILES string of the molecule is O=C(Cn1c2c(sc1=O)[C@@H](c1cccnc1)[C@@H]1C(=O)N(c3ccccc3)C(=O)[C@@H]1S2)Nc1ccc(O)cc1. The third kappa shape index (κ3) is 4.09. The summed E-state index contributed by atoms with van der Waals surface area (Å²) in [5, 5.41) is 11.9. The highest BCUT2D eigenvalue weighted by Crippen LogP contribution is 2.53. The van der Waals surface area contributed by atoms with E-state index in [1.165, 1.54) is 21.6 Å². The first-order valence-electron chi connectivity index (χ1n) is 11.7. The average molecular weight is 545 g/mol. The molecule has 2 N–H and O–H groups in total. The van der Waals surface area contributed by atoms with Crippen LogP contribution in [0.5, 0.6) is 5.75 Å². The summed E-state index contributed by atoms with van der Waals surface area (Å²) in [6.45, 7) is -0.264. The van der Waals surface area contributed by atoms with Gasteiger partial charge in [0.1, 0.15) is 17.5 Å². The van der Waals surface area contributed by atoms with Gasteiger partial charge in [-0.1, -0.05) is 47.4 Å². The zero-order chi connectivity index (χ0) is 26.4. The van der Waals surface area contributed by atoms with Crippen LogP contribution in [0.15, 0.2) is 88.9 Å². The van der Waals surface area contributed by atoms with Crippen LogP contribution in [0.4, 0.5) is 11.4 Å². The highest BCUT2D eigenvalue weighted by atomic mass is 32.2. The zero-order valence-electron chi connectivity index (χ0n) is 19.7. The van der Waals surface area contributed by atoms with E-state index in [4.69, 9.17) is 0 Å². The van der Waals surface area contributed by atoms with Crippen LogP contribution in [0, 0.1) is 5.92 Å². The molecular weight excluding hydrogens is 524 g/mol. The van der Waals surface area contributed by atoms with Crippen molar-refractivity contribution < 1.29 is 19.5 Å². The smallest absolute Gasteiger partial charge is 0.308 e. The lowest BCUT2D eigenvalue weighted by atomic mass is 9.84. The minimum absolute atomic E-state index is 0.0684. The van der Waals surface area contributed by atoms with Crippen molar-refractivity contribution >= 4 is 52.2 Å². The first-order valence-corrected chi connectivity index (χ1v) is 13.4. The van der Waals surface area contributed by atoms with Crippen LogP contribution in [-0.2, 0) is 20.9 Å². The Morgan fingerprint density at radius 2 is 1.74 bits per heavy atom. The number of imide groups is 1. The Kier molecular flexibility index (Phi) is 6.09. The van der Waals surface area contributed by atoms with Gasteiger partial charge in [0, 0.05) is 28.9 Å². The molecule has 4 aromatic rings. The van der Waals surface area contributed by atoms with E-state index in [9.17, 15) is 24.3 Å². The highest BCUT2D eigenvalue weighted by molar-refractivity contribution is 8.00. The molecule has 9 nitrogen and oxygen atoms in total. The first kappa shape index (κ1) is 24.1. The molecule has 1 saturated heterocycles. The number of hydrogen-bond acceptors (Lipinski definition) is 8. The van der Waals surface area contributed by atoms with Crippen molar-refractivity contribution in [3.05, 3.63) is 99.2 Å². The summed E-state index contributed by atoms with van der Waals surface area (Å²) in [5.74, 6) is -2.32. The Bertz CT molecular complexity index is 1600. The number of rotatable bonds is 5. The second-order valence-corrected chi connectivity index (χ2v) is 11.0. The standard InChI is InChI=1S/C27H20N4O5S2/c32-18-10-8-16(9-11-18)29-19(33)14-30-26-23(38-27(30)36)20(15-5-4-12-28-13-15)21-22(37-26)25(35)31(24(21)34)17-6-2-1-3-7-17/h1-13,20-22,32H,14H2,(H,29,33)/t20-,21-,22+/m0/s1. The van der Waals surface area contributed by atoms with Gasteiger partial charge >= 0.3 is 4.87 Å². The number of thiazole rings is 1. The maximum absolute atomic E-state index is 13.7. The molecule has 3 atom stereocenters. The Morgan fingerprint density at radius 3 is 2.45 bits per heavy atom. The molecule has 0 aliphatic carbocycles. The minimum atomic E-state index is -0.763. The number of thioether (sulfide) groups is 1. The topological polar surface area (TPSA) is 122 Å². The molecule has 3 amide bonds. The minimum Gasteiger partial charge on any atom is -0.508 e. The fourth-order valence-electron chi connectivity index (χ4n) is 4.89. The number of pyridine rings is 1. The van der Waals surface area contributed by atoms with Gasteiger partial charge in [-0.2, -0.15) is 0 Å². The van der Waals surface area contributed by atoms with Gasteiger partial charge < -0.3 is 10.4 Å². The number of nitrogens with zero attached hydrogens (tertiary/aromatic N) is 3. The van der Waals surface area contributed by atoms with Crippen LogP contribution >= 0.6 is 23.1 Å². The Balaban J connectivity index is 1.40. The Hall–Kier alpha value is -4.22. The predicted molar refractivity (Wildman–Crippen MR) is 143 cm³/mol. The largest absolute Gasteiger partial charge is 0.508 e. The zero-order valence-corrected chi connectivity index (χ0v) is 21.3. The van der Waals surface area contributed by atoms with E-state index in [2.05, 4.69) is 10.3 Å². The summed E-state index contributed by atoms with van der Waals surface area (Å²) >= 11 is 2.14. The summed E-state index contributed by atoms with van der Waals surface area (Å²) in [7, 11) is 0. The average Bonchev–Trinajstić information content (AvgIpc) is 3.37. The fraction of sp³-hybridized carbons (Fsp3) is 0.148. The molecule has 0 unspecified atom stereocenters. The van der Waals surface area contributed by atoms with E-state index in [1.54, 1.807) is 54.9 Å². The third-order valence-electron chi connectivity index (χ3n) is 6.56. The summed E-state index contributed by atoms with van der Waals surface area (Å²) in [6.07, 6.45) is 3.27. The number of hydrogen-bond donors (Lipinski definition) is 2. The second kappa shape index (κ2) is 9.58. The molecule has 11 heteroatoms. The Labute approximate surface area is 224 Å². The maximum atomic E-state index is 13.7. The molecule has 2 aromatic heterocycles. The van der Waals surface area contributed by atoms with E-state index >= 15 is 0 Å². The number of phenols is 1. The van der Waals surface area contributed by atoms with E-state index in [1.807, 2.05) is 12.1 Å². The van der Waals surface area contributed by atoms with Crippen LogP contribution in [-0.4, -0.2) is 37.6 Å². The number of carbonyl (C=O) groups excluding carboxylic acids is 3. The summed E-state index contributed by atoms with van der Waals surface area (Å²) < 4.78 is 1.36. The van der Waals surface area contributed by atoms with Gasteiger partial charge in [0.25, 0.3) is 0 Å². The normalized spacial score (nSPS) is 20.2. The lowest BCUT2D eigenvalue weighted by Gasteiger charge is -2.30. The second-order valence-electron chi connectivity index (χ2n) is 8.89. The molecule has 190 valence electrons. The molecular formula is C27H20N4O5S2. The molecule has 1 fully saturated rings. The molecule has 0 radical (unpaired) electrons. The fourth-order valence-corrected chi connectivity index (χ4v) is 7.67. The third-order valence-corrected chi connectivity index (χ3v) is 9.16. The van der Waals surface area contributed by atoms with E-state index in [-0.39, 0.29) is 29.0 Å². The Morgan fingerprint density at radius 1 is 0.974 bits per heavy atom. The molecule has 2 aromatic carbocycles. The van der Waals surface area contributed by atoms with Crippen molar-refractivity contribution in [2.75, 3.05) is 10.2 Å². The van der Waals surface area contributed by atoms with E-state index in [0.717, 1.165) is 28.7 Å². The number of aromatic hydroxyl groups is 1. The quantitative estimate of drug-likeness (QED) is 0.292. The van der Waals surface area contributed by atoms with Crippen LogP contribution in [0.25, 0.3) is 0 Å². The summed E-state index contributed by atoms with van der Waals surface area (Å²) in [5.41, 5.74) is 1.69. The van der Waals surface area contributed by atoms with Crippen molar-refractivity contribution in [3.8, 4) is 5.75 Å². The molecule has 0 spiro atoms. The van der Waals surface area contributed by atoms with Crippen molar-refractivity contribution in [1.29, 1.82) is 0 Å². The van der Waals surface area contributed by atoms with E-state index < -0.39 is 23.0 Å². The van der Waals surface area contributed by atoms with Crippen LogP contribution < -0.4 is 15.1 Å². The molecule has 38 heavy (non-hydrogen) atoms. The van der Waals surface area contributed by atoms with Crippen LogP contribution in [0.2, 0.25) is 0 Å². The van der Waals surface area contributed by atoms with Crippen LogP contribution in [0.1, 0.15) is 16.4 Å². The van der Waals surface area contributed by atoms with Gasteiger partial charge in [-0.05, 0) is 48.0 Å². The van der Waals surface area contributed by atoms with Crippen LogP contribution in [0.3, 0.4) is 0 Å². The van der Waals surface area contributed by atoms with Gasteiger partial charge in [0.15, 0.2) is 0 Å². The maximum Gasteiger partial charge on any atom is 0.308 e. The number of anilines is 2. The molecule has 6 rings (SSSR count). The summed E-state index contributed by atoms with van der Waals surface area (Å²) in [4.78, 5) is 59.1. The number of nitrogens with one attached hydrogen (secondary N) is 1. The molecule has 4 heterocycles. The highest BCUT2D eigenvalue weighted by Gasteiger charge is 2.56.